The fourth-order valence-electron chi connectivity index (χ4n) is 5.07. The number of Topliss-reactive ketones (excluding diaryl/α,β-unsaturated/α-hetero) is 1. The molecule has 2 aromatic carbocycles. The number of carbonyl (C=O) groups is 1. The van der Waals surface area contributed by atoms with Crippen LogP contribution in [0.15, 0.2) is 47.4 Å². The fraction of sp³-hybridized carbons (Fsp3) is 0.560. The van der Waals surface area contributed by atoms with Crippen LogP contribution in [0.25, 0.3) is 10.8 Å². The normalized spacial score (nSPS) is 26.3. The predicted octanol–water partition coefficient (Wildman–Crippen LogP) is 5.77. The molecule has 0 aliphatic heterocycles. The van der Waals surface area contributed by atoms with Crippen LogP contribution in [0, 0.1) is 5.92 Å². The molecule has 3 heteroatoms. The molecule has 2 fully saturated rings. The Kier molecular flexibility index (Phi) is 6.73. The summed E-state index contributed by atoms with van der Waals surface area (Å²) >= 11 is 0. The van der Waals surface area contributed by atoms with Gasteiger partial charge in [0.25, 0.3) is 0 Å². The second kappa shape index (κ2) is 9.26. The van der Waals surface area contributed by atoms with Crippen molar-refractivity contribution in [2.45, 2.75) is 66.8 Å². The Morgan fingerprint density at radius 2 is 1.68 bits per heavy atom. The molecular formula is C25H34OS2+2. The molecule has 0 N–H and O–H groups in total. The highest BCUT2D eigenvalue weighted by molar-refractivity contribution is 7.98. The molecule has 0 aromatic heterocycles. The molecule has 0 saturated heterocycles. The highest BCUT2D eigenvalue weighted by Crippen LogP contribution is 2.35. The maximum atomic E-state index is 12.7. The molecule has 0 bridgehead atoms. The van der Waals surface area contributed by atoms with Crippen LogP contribution in [0.4, 0.5) is 0 Å². The fourth-order valence-corrected chi connectivity index (χ4v) is 9.55. The Bertz CT molecular complexity index is 811. The van der Waals surface area contributed by atoms with Gasteiger partial charge in [0, 0.05) is 35.7 Å². The average Bonchev–Trinajstić information content (AvgIpc) is 2.75. The Balaban J connectivity index is 1.41. The highest BCUT2D eigenvalue weighted by atomic mass is 32.2. The van der Waals surface area contributed by atoms with Gasteiger partial charge in [-0.15, -0.1) is 0 Å². The van der Waals surface area contributed by atoms with Crippen LogP contribution in [0.1, 0.15) is 51.4 Å². The lowest BCUT2D eigenvalue weighted by Crippen LogP contribution is -2.42. The monoisotopic (exact) mass is 414 g/mol. The van der Waals surface area contributed by atoms with E-state index in [4.69, 9.17) is 0 Å². The number of fused-ring (bicyclic) bond motifs is 1. The maximum Gasteiger partial charge on any atom is 0.184 e. The molecule has 4 atom stereocenters. The first-order valence-corrected chi connectivity index (χ1v) is 14.5. The molecule has 4 rings (SSSR count). The lowest BCUT2D eigenvalue weighted by atomic mass is 9.89. The first kappa shape index (κ1) is 20.3. The van der Waals surface area contributed by atoms with Crippen LogP contribution in [0.2, 0.25) is 0 Å². The quantitative estimate of drug-likeness (QED) is 0.568. The van der Waals surface area contributed by atoms with Crippen molar-refractivity contribution in [3.63, 3.8) is 0 Å². The summed E-state index contributed by atoms with van der Waals surface area (Å²) in [4.78, 5) is 14.2. The van der Waals surface area contributed by atoms with Crippen molar-refractivity contribution in [1.82, 2.24) is 0 Å². The SMILES string of the molecule is C[S+](CC1CCC(=O)C([S+](C)C2CCCCC2)C1)c1ccc2ccccc2c1. The van der Waals surface area contributed by atoms with E-state index in [2.05, 4.69) is 55.0 Å². The van der Waals surface area contributed by atoms with E-state index in [1.165, 1.54) is 53.5 Å². The van der Waals surface area contributed by atoms with Crippen molar-refractivity contribution in [3.05, 3.63) is 42.5 Å². The first-order valence-electron chi connectivity index (χ1n) is 10.9. The molecular weight excluding hydrogens is 380 g/mol. The molecule has 2 aliphatic carbocycles. The zero-order valence-corrected chi connectivity index (χ0v) is 19.0. The second-order valence-corrected chi connectivity index (χ2v) is 13.3. The summed E-state index contributed by atoms with van der Waals surface area (Å²) < 4.78 is 0. The van der Waals surface area contributed by atoms with E-state index < -0.39 is 0 Å². The summed E-state index contributed by atoms with van der Waals surface area (Å²) in [7, 11) is 0.543. The van der Waals surface area contributed by atoms with Gasteiger partial charge in [0.15, 0.2) is 15.9 Å². The zero-order chi connectivity index (χ0) is 19.5. The molecule has 0 radical (unpaired) electrons. The smallest absolute Gasteiger partial charge is 0.184 e. The molecule has 0 spiro atoms. The van der Waals surface area contributed by atoms with Gasteiger partial charge < -0.3 is 0 Å². The van der Waals surface area contributed by atoms with Gasteiger partial charge in [0.05, 0.1) is 6.26 Å². The third-order valence-corrected chi connectivity index (χ3v) is 11.7. The van der Waals surface area contributed by atoms with Gasteiger partial charge in [-0.2, -0.15) is 0 Å². The van der Waals surface area contributed by atoms with E-state index in [1.54, 1.807) is 0 Å². The van der Waals surface area contributed by atoms with Crippen molar-refractivity contribution < 1.29 is 4.79 Å². The summed E-state index contributed by atoms with van der Waals surface area (Å²) in [5.74, 6) is 2.56. The minimum atomic E-state index is 0.261. The lowest BCUT2D eigenvalue weighted by Gasteiger charge is -2.30. The molecule has 150 valence electrons. The van der Waals surface area contributed by atoms with Crippen LogP contribution >= 0.6 is 0 Å². The van der Waals surface area contributed by atoms with Crippen molar-refractivity contribution in [2.75, 3.05) is 18.3 Å². The van der Waals surface area contributed by atoms with Gasteiger partial charge >= 0.3 is 0 Å². The third-order valence-electron chi connectivity index (χ3n) is 6.84. The Labute approximate surface area is 176 Å². The zero-order valence-electron chi connectivity index (χ0n) is 17.4. The number of benzene rings is 2. The van der Waals surface area contributed by atoms with Crippen molar-refractivity contribution in [3.8, 4) is 0 Å². The van der Waals surface area contributed by atoms with Gasteiger partial charge in [-0.3, -0.25) is 4.79 Å². The van der Waals surface area contributed by atoms with Gasteiger partial charge in [-0.05, 0) is 65.9 Å². The predicted molar refractivity (Wildman–Crippen MR) is 127 cm³/mol. The Morgan fingerprint density at radius 3 is 2.46 bits per heavy atom. The van der Waals surface area contributed by atoms with E-state index in [1.807, 2.05) is 0 Å². The van der Waals surface area contributed by atoms with Crippen molar-refractivity contribution in [1.29, 1.82) is 0 Å². The van der Waals surface area contributed by atoms with E-state index in [0.29, 0.717) is 11.0 Å². The molecule has 2 saturated carbocycles. The van der Waals surface area contributed by atoms with E-state index in [-0.39, 0.29) is 21.8 Å². The van der Waals surface area contributed by atoms with E-state index >= 15 is 0 Å². The molecule has 2 aromatic rings. The number of rotatable bonds is 5. The maximum absolute atomic E-state index is 12.7. The van der Waals surface area contributed by atoms with Gasteiger partial charge in [0.1, 0.15) is 17.3 Å². The molecule has 28 heavy (non-hydrogen) atoms. The van der Waals surface area contributed by atoms with Gasteiger partial charge in [-0.25, -0.2) is 0 Å². The first-order chi connectivity index (χ1) is 13.6. The molecule has 0 heterocycles. The summed E-state index contributed by atoms with van der Waals surface area (Å²) in [6.07, 6.45) is 14.8. The molecule has 2 aliphatic rings. The van der Waals surface area contributed by atoms with E-state index in [0.717, 1.165) is 30.4 Å². The van der Waals surface area contributed by atoms with Crippen LogP contribution in [0.5, 0.6) is 0 Å². The lowest BCUT2D eigenvalue weighted by molar-refractivity contribution is -0.120. The van der Waals surface area contributed by atoms with Gasteiger partial charge in [-0.1, -0.05) is 30.7 Å². The minimum absolute atomic E-state index is 0.261. The number of hydrogen-bond donors (Lipinski definition) is 0. The van der Waals surface area contributed by atoms with Crippen LogP contribution in [0.3, 0.4) is 0 Å². The number of carbonyl (C=O) groups excluding carboxylic acids is 1. The van der Waals surface area contributed by atoms with Gasteiger partial charge in [0.2, 0.25) is 0 Å². The second-order valence-electron chi connectivity index (χ2n) is 8.78. The average molecular weight is 415 g/mol. The topological polar surface area (TPSA) is 17.1 Å². The molecule has 1 nitrogen and oxygen atoms in total. The largest absolute Gasteiger partial charge is 0.294 e. The number of hydrogen-bond acceptors (Lipinski definition) is 1. The number of ketones is 1. The third kappa shape index (κ3) is 4.62. The molecule has 4 unspecified atom stereocenters. The molecule has 0 amide bonds. The standard InChI is InChI=1S/C25H34OS2/c1-27(23-14-13-20-8-6-7-9-21(20)17-23)18-19-12-15-24(26)25(16-19)28(2)22-10-4-3-5-11-22/h6-9,13-14,17,19,22,25H,3-5,10-12,15-16,18H2,1-2H3/q+2. The van der Waals surface area contributed by atoms with Crippen LogP contribution < -0.4 is 0 Å². The minimum Gasteiger partial charge on any atom is -0.294 e. The Hall–Kier alpha value is -0.930. The van der Waals surface area contributed by atoms with Crippen molar-refractivity contribution in [2.24, 2.45) is 5.92 Å². The van der Waals surface area contributed by atoms with Crippen LogP contribution in [-0.4, -0.2) is 34.5 Å². The summed E-state index contributed by atoms with van der Waals surface area (Å²) in [5.41, 5.74) is 0. The van der Waals surface area contributed by atoms with Crippen molar-refractivity contribution >= 4 is 38.3 Å². The summed E-state index contributed by atoms with van der Waals surface area (Å²) in [5, 5.41) is 3.86. The highest BCUT2D eigenvalue weighted by Gasteiger charge is 2.44. The summed E-state index contributed by atoms with van der Waals surface area (Å²) in [6.45, 7) is 0. The van der Waals surface area contributed by atoms with E-state index in [9.17, 15) is 4.79 Å². The summed E-state index contributed by atoms with van der Waals surface area (Å²) in [6, 6.07) is 15.6. The van der Waals surface area contributed by atoms with Crippen LogP contribution in [-0.2, 0) is 26.6 Å². The Morgan fingerprint density at radius 1 is 0.929 bits per heavy atom.